The molecule has 0 N–H and O–H groups in total. The Morgan fingerprint density at radius 2 is 1.22 bits per heavy atom. The highest BCUT2D eigenvalue weighted by Gasteiger charge is 2.38. The number of hydrogen-bond donors (Lipinski definition) is 0. The average Bonchev–Trinajstić information content (AvgIpc) is 3.42. The first-order chi connectivity index (χ1) is 24.4. The molecule has 5 aromatic carbocycles. The minimum atomic E-state index is 0.187. The van der Waals surface area contributed by atoms with Crippen molar-refractivity contribution in [3.63, 3.8) is 0 Å². The Morgan fingerprint density at radius 1 is 0.647 bits per heavy atom. The summed E-state index contributed by atoms with van der Waals surface area (Å²) in [6.07, 6.45) is 1.16. The van der Waals surface area contributed by atoms with Gasteiger partial charge in [-0.2, -0.15) is 4.58 Å². The lowest BCUT2D eigenvalue weighted by Crippen LogP contribution is -2.23. The minimum Gasteiger partial charge on any atom is -0.372 e. The Bertz CT molecular complexity index is 1990. The van der Waals surface area contributed by atoms with Crippen LogP contribution in [-0.2, 0) is 6.54 Å². The monoisotopic (exact) mass is 673 g/mol. The van der Waals surface area contributed by atoms with Crippen LogP contribution in [0.3, 0.4) is 0 Å². The summed E-state index contributed by atoms with van der Waals surface area (Å²) in [5.41, 5.74) is 15.7. The van der Waals surface area contributed by atoms with Crippen molar-refractivity contribution in [3.8, 4) is 0 Å². The number of allylic oxidation sites excluding steroid dienone is 1. The molecule has 0 amide bonds. The third kappa shape index (κ3) is 7.96. The Kier molecular flexibility index (Phi) is 10.5. The molecule has 262 valence electrons. The first-order valence-corrected chi connectivity index (χ1v) is 18.9. The van der Waals surface area contributed by atoms with Crippen LogP contribution in [0.15, 0.2) is 127 Å². The molecule has 0 saturated carbocycles. The second kappa shape index (κ2) is 14.9. The number of nitrogens with zero attached hydrogens (tertiary/aromatic N) is 2. The van der Waals surface area contributed by atoms with E-state index in [1.165, 1.54) is 67.2 Å². The highest BCUT2D eigenvalue weighted by Crippen LogP contribution is 2.45. The fourth-order valence-corrected chi connectivity index (χ4v) is 7.79. The number of benzene rings is 5. The number of fused-ring (bicyclic) bond motifs is 1. The van der Waals surface area contributed by atoms with E-state index in [0.29, 0.717) is 5.92 Å². The van der Waals surface area contributed by atoms with Crippen LogP contribution in [0.1, 0.15) is 107 Å². The van der Waals surface area contributed by atoms with Crippen LogP contribution in [0.4, 0.5) is 11.4 Å². The summed E-state index contributed by atoms with van der Waals surface area (Å²) in [5.74, 6) is 0.491. The predicted molar refractivity (Wildman–Crippen MR) is 220 cm³/mol. The quantitative estimate of drug-likeness (QED) is 0.134. The van der Waals surface area contributed by atoms with Gasteiger partial charge in [0.15, 0.2) is 6.54 Å². The molecular weight excluding hydrogens is 617 g/mol. The van der Waals surface area contributed by atoms with E-state index in [-0.39, 0.29) is 10.8 Å². The van der Waals surface area contributed by atoms with Crippen molar-refractivity contribution in [2.75, 3.05) is 18.0 Å². The second-order valence-electron chi connectivity index (χ2n) is 16.6. The molecule has 51 heavy (non-hydrogen) atoms. The van der Waals surface area contributed by atoms with E-state index < -0.39 is 0 Å². The van der Waals surface area contributed by atoms with Crippen LogP contribution in [0, 0.1) is 17.8 Å². The summed E-state index contributed by atoms with van der Waals surface area (Å²) < 4.78 is 2.56. The third-order valence-corrected chi connectivity index (χ3v) is 10.5. The Balaban J connectivity index is 1.56. The number of hydrogen-bond acceptors (Lipinski definition) is 1. The van der Waals surface area contributed by atoms with Crippen molar-refractivity contribution >= 4 is 28.2 Å². The van der Waals surface area contributed by atoms with Gasteiger partial charge in [-0.3, -0.25) is 0 Å². The standard InChI is InChI=1S/C49H57N2/c1-10-50(11-2)41-31-29-39(30-32-41)45(38-25-21-35(3)22-26-38)46-42-19-15-16-20-44(42)51(47(46)40-17-13-12-14-18-40)34-36-23-27-37(28-24-36)43(49(7,8)9)33-48(4,5)6/h12-32,43H,10-11,33-34H2,1-9H3/q+1. The molecule has 1 heterocycles. The lowest BCUT2D eigenvalue weighted by Gasteiger charge is -2.36. The van der Waals surface area contributed by atoms with E-state index >= 15 is 0 Å². The zero-order valence-corrected chi connectivity index (χ0v) is 32.4. The van der Waals surface area contributed by atoms with E-state index in [1.54, 1.807) is 0 Å². The first kappa shape index (κ1) is 36.1. The number of anilines is 1. The maximum Gasteiger partial charge on any atom is 0.222 e. The number of aryl methyl sites for hydroxylation is 1. The van der Waals surface area contributed by atoms with Crippen molar-refractivity contribution < 1.29 is 4.58 Å². The summed E-state index contributed by atoms with van der Waals surface area (Å²) in [6.45, 7) is 23.6. The van der Waals surface area contributed by atoms with Gasteiger partial charge in [-0.25, -0.2) is 0 Å². The predicted octanol–water partition coefficient (Wildman–Crippen LogP) is 12.7. The normalized spacial score (nSPS) is 14.8. The van der Waals surface area contributed by atoms with Gasteiger partial charge in [0.05, 0.1) is 11.1 Å². The van der Waals surface area contributed by atoms with Gasteiger partial charge in [0.1, 0.15) is 0 Å². The highest BCUT2D eigenvalue weighted by atomic mass is 15.1. The van der Waals surface area contributed by atoms with Crippen LogP contribution in [0.5, 0.6) is 0 Å². The maximum absolute atomic E-state index is 2.56. The van der Waals surface area contributed by atoms with Gasteiger partial charge in [0.2, 0.25) is 11.4 Å². The Labute approximate surface area is 308 Å². The van der Waals surface area contributed by atoms with Crippen LogP contribution < -0.4 is 4.90 Å². The first-order valence-electron chi connectivity index (χ1n) is 18.9. The molecule has 6 rings (SSSR count). The summed E-state index contributed by atoms with van der Waals surface area (Å²) >= 11 is 0. The molecule has 1 atom stereocenters. The SMILES string of the molecule is CCN(CC)c1ccc(C(=C2C(c3ccccc3)=[N+](Cc3ccc(C(CC(C)(C)C)C(C)(C)C)cc3)c3ccccc32)c2ccc(C)cc2)cc1. The minimum absolute atomic E-state index is 0.187. The molecule has 0 saturated heterocycles. The molecule has 2 heteroatoms. The molecule has 0 fully saturated rings. The fourth-order valence-electron chi connectivity index (χ4n) is 7.79. The highest BCUT2D eigenvalue weighted by molar-refractivity contribution is 6.38. The van der Waals surface area contributed by atoms with Crippen molar-refractivity contribution in [2.45, 2.75) is 81.2 Å². The van der Waals surface area contributed by atoms with Crippen molar-refractivity contribution in [1.82, 2.24) is 0 Å². The van der Waals surface area contributed by atoms with Gasteiger partial charge < -0.3 is 4.90 Å². The lowest BCUT2D eigenvalue weighted by atomic mass is 9.69. The van der Waals surface area contributed by atoms with E-state index in [0.717, 1.165) is 26.1 Å². The molecule has 1 unspecified atom stereocenters. The van der Waals surface area contributed by atoms with Gasteiger partial charge in [0.25, 0.3) is 0 Å². The van der Waals surface area contributed by atoms with E-state index in [1.807, 2.05) is 0 Å². The molecule has 0 aliphatic carbocycles. The van der Waals surface area contributed by atoms with E-state index in [9.17, 15) is 0 Å². The van der Waals surface area contributed by atoms with Gasteiger partial charge in [-0.05, 0) is 91.0 Å². The van der Waals surface area contributed by atoms with E-state index in [4.69, 9.17) is 0 Å². The molecule has 0 spiro atoms. The van der Waals surface area contributed by atoms with Crippen molar-refractivity contribution in [2.24, 2.45) is 10.8 Å². The summed E-state index contributed by atoms with van der Waals surface area (Å²) in [4.78, 5) is 2.41. The Morgan fingerprint density at radius 3 is 1.78 bits per heavy atom. The smallest absolute Gasteiger partial charge is 0.222 e. The third-order valence-electron chi connectivity index (χ3n) is 10.5. The van der Waals surface area contributed by atoms with Gasteiger partial charge in [-0.1, -0.05) is 138 Å². The molecule has 1 aliphatic rings. The molecule has 0 radical (unpaired) electrons. The summed E-state index contributed by atoms with van der Waals surface area (Å²) in [7, 11) is 0. The van der Waals surface area contributed by atoms with Gasteiger partial charge in [0, 0.05) is 41.5 Å². The zero-order valence-electron chi connectivity index (χ0n) is 32.4. The topological polar surface area (TPSA) is 6.25 Å². The van der Waals surface area contributed by atoms with Crippen LogP contribution in [-0.4, -0.2) is 23.4 Å². The average molecular weight is 674 g/mol. The zero-order chi connectivity index (χ0) is 36.3. The maximum atomic E-state index is 2.56. The van der Waals surface area contributed by atoms with Crippen molar-refractivity contribution in [1.29, 1.82) is 0 Å². The van der Waals surface area contributed by atoms with Crippen LogP contribution in [0.25, 0.3) is 11.1 Å². The Hall–Kier alpha value is -4.69. The summed E-state index contributed by atoms with van der Waals surface area (Å²) in [6, 6.07) is 47.9. The number of rotatable bonds is 10. The fraction of sp³-hybridized carbons (Fsp3) is 0.327. The van der Waals surface area contributed by atoms with Crippen LogP contribution in [0.2, 0.25) is 0 Å². The molecule has 2 nitrogen and oxygen atoms in total. The summed E-state index contributed by atoms with van der Waals surface area (Å²) in [5, 5.41) is 0. The van der Waals surface area contributed by atoms with E-state index in [2.05, 4.69) is 199 Å². The number of para-hydroxylation sites is 1. The molecule has 5 aromatic rings. The van der Waals surface area contributed by atoms with Crippen LogP contribution >= 0.6 is 0 Å². The molecule has 0 bridgehead atoms. The van der Waals surface area contributed by atoms with Gasteiger partial charge >= 0.3 is 0 Å². The molecule has 1 aliphatic heterocycles. The largest absolute Gasteiger partial charge is 0.372 e. The van der Waals surface area contributed by atoms with Crippen molar-refractivity contribution in [3.05, 3.63) is 166 Å². The second-order valence-corrected chi connectivity index (χ2v) is 16.6. The molecular formula is C49H57N2+. The molecule has 0 aromatic heterocycles. The lowest BCUT2D eigenvalue weighted by molar-refractivity contribution is -0.453. The van der Waals surface area contributed by atoms with Gasteiger partial charge in [-0.15, -0.1) is 0 Å².